The molecule has 0 saturated heterocycles. The van der Waals surface area contributed by atoms with Crippen molar-refractivity contribution in [1.82, 2.24) is 14.9 Å². The second-order valence-electron chi connectivity index (χ2n) is 6.48. The molecule has 0 fully saturated rings. The van der Waals surface area contributed by atoms with E-state index >= 15 is 0 Å². The SMILES string of the molecule is CCc1cc(=O)[nH]c(CN(Cc2ccccc2)CC(C)(C)O)n1. The van der Waals surface area contributed by atoms with Crippen LogP contribution in [0.1, 0.15) is 37.9 Å². The lowest BCUT2D eigenvalue weighted by Gasteiger charge is -2.28. The van der Waals surface area contributed by atoms with E-state index in [0.29, 0.717) is 25.5 Å². The summed E-state index contributed by atoms with van der Waals surface area (Å²) in [6.45, 7) is 7.20. The van der Waals surface area contributed by atoms with E-state index in [1.54, 1.807) is 13.8 Å². The van der Waals surface area contributed by atoms with Crippen molar-refractivity contribution in [2.24, 2.45) is 0 Å². The van der Waals surface area contributed by atoms with Crippen LogP contribution in [0.3, 0.4) is 0 Å². The molecule has 0 unspecified atom stereocenters. The highest BCUT2D eigenvalue weighted by molar-refractivity contribution is 5.14. The van der Waals surface area contributed by atoms with Crippen molar-refractivity contribution in [1.29, 1.82) is 0 Å². The van der Waals surface area contributed by atoms with E-state index < -0.39 is 5.60 Å². The molecule has 0 amide bonds. The Balaban J connectivity index is 2.20. The minimum atomic E-state index is -0.822. The van der Waals surface area contributed by atoms with Crippen LogP contribution in [0.25, 0.3) is 0 Å². The van der Waals surface area contributed by atoms with Gasteiger partial charge in [-0.15, -0.1) is 0 Å². The normalized spacial score (nSPS) is 11.9. The summed E-state index contributed by atoms with van der Waals surface area (Å²) in [5, 5.41) is 10.2. The van der Waals surface area contributed by atoms with Crippen LogP contribution in [0.5, 0.6) is 0 Å². The molecule has 1 heterocycles. The van der Waals surface area contributed by atoms with Crippen molar-refractivity contribution < 1.29 is 5.11 Å². The average Bonchev–Trinajstić information content (AvgIpc) is 2.45. The van der Waals surface area contributed by atoms with Crippen LogP contribution in [0.15, 0.2) is 41.2 Å². The van der Waals surface area contributed by atoms with Gasteiger partial charge in [0.25, 0.3) is 5.56 Å². The molecular weight excluding hydrogens is 290 g/mol. The average molecular weight is 315 g/mol. The Hall–Kier alpha value is -1.98. The lowest BCUT2D eigenvalue weighted by Crippen LogP contribution is -2.38. The lowest BCUT2D eigenvalue weighted by atomic mass is 10.1. The summed E-state index contributed by atoms with van der Waals surface area (Å²) in [6.07, 6.45) is 0.723. The van der Waals surface area contributed by atoms with Gasteiger partial charge in [0.1, 0.15) is 5.82 Å². The molecule has 0 radical (unpaired) electrons. The maximum absolute atomic E-state index is 11.7. The highest BCUT2D eigenvalue weighted by Crippen LogP contribution is 2.12. The quantitative estimate of drug-likeness (QED) is 0.821. The van der Waals surface area contributed by atoms with Gasteiger partial charge < -0.3 is 10.1 Å². The zero-order valence-corrected chi connectivity index (χ0v) is 14.0. The fraction of sp³-hybridized carbons (Fsp3) is 0.444. The monoisotopic (exact) mass is 315 g/mol. The fourth-order valence-electron chi connectivity index (χ4n) is 2.59. The van der Waals surface area contributed by atoms with Crippen LogP contribution in [-0.2, 0) is 19.5 Å². The number of aryl methyl sites for hydroxylation is 1. The number of aromatic amines is 1. The molecule has 0 bridgehead atoms. The Morgan fingerprint density at radius 2 is 1.91 bits per heavy atom. The first-order valence-corrected chi connectivity index (χ1v) is 7.93. The summed E-state index contributed by atoms with van der Waals surface area (Å²) >= 11 is 0. The van der Waals surface area contributed by atoms with Crippen molar-refractivity contribution >= 4 is 0 Å². The maximum Gasteiger partial charge on any atom is 0.251 e. The molecule has 5 nitrogen and oxygen atoms in total. The molecule has 0 aliphatic rings. The minimum Gasteiger partial charge on any atom is -0.389 e. The summed E-state index contributed by atoms with van der Waals surface area (Å²) < 4.78 is 0. The van der Waals surface area contributed by atoms with Crippen LogP contribution in [0.2, 0.25) is 0 Å². The Morgan fingerprint density at radius 1 is 1.22 bits per heavy atom. The number of aliphatic hydroxyl groups is 1. The first-order valence-electron chi connectivity index (χ1n) is 7.93. The van der Waals surface area contributed by atoms with Gasteiger partial charge in [-0.1, -0.05) is 37.3 Å². The molecule has 2 aromatic rings. The Bertz CT molecular complexity index is 675. The molecule has 0 spiro atoms. The highest BCUT2D eigenvalue weighted by atomic mass is 16.3. The van der Waals surface area contributed by atoms with Gasteiger partial charge in [-0.25, -0.2) is 4.98 Å². The first-order chi connectivity index (χ1) is 10.9. The third kappa shape index (κ3) is 5.96. The van der Waals surface area contributed by atoms with Gasteiger partial charge in [-0.05, 0) is 25.8 Å². The zero-order valence-electron chi connectivity index (χ0n) is 14.0. The molecule has 5 heteroatoms. The van der Waals surface area contributed by atoms with Crippen molar-refractivity contribution in [2.45, 2.75) is 45.9 Å². The van der Waals surface area contributed by atoms with E-state index in [-0.39, 0.29) is 5.56 Å². The zero-order chi connectivity index (χ0) is 16.9. The van der Waals surface area contributed by atoms with Gasteiger partial charge in [-0.2, -0.15) is 0 Å². The number of H-pyrrole nitrogens is 1. The molecule has 1 aromatic heterocycles. The molecule has 2 N–H and O–H groups in total. The second kappa shape index (κ2) is 7.53. The van der Waals surface area contributed by atoms with Gasteiger partial charge in [0.15, 0.2) is 0 Å². The molecule has 0 aliphatic heterocycles. The first kappa shape index (κ1) is 17.4. The number of rotatable bonds is 7. The third-order valence-corrected chi connectivity index (χ3v) is 3.44. The van der Waals surface area contributed by atoms with Crippen LogP contribution in [-0.4, -0.2) is 32.1 Å². The van der Waals surface area contributed by atoms with Crippen LogP contribution in [0, 0.1) is 0 Å². The summed E-state index contributed by atoms with van der Waals surface area (Å²) in [6, 6.07) is 11.6. The van der Waals surface area contributed by atoms with Gasteiger partial charge in [0.05, 0.1) is 12.1 Å². The second-order valence-corrected chi connectivity index (χ2v) is 6.48. The fourth-order valence-corrected chi connectivity index (χ4v) is 2.59. The lowest BCUT2D eigenvalue weighted by molar-refractivity contribution is 0.0298. The van der Waals surface area contributed by atoms with Gasteiger partial charge >= 0.3 is 0 Å². The predicted molar refractivity (Wildman–Crippen MR) is 91.1 cm³/mol. The number of aromatic nitrogens is 2. The summed E-state index contributed by atoms with van der Waals surface area (Å²) in [4.78, 5) is 21.1. The Labute approximate surface area is 137 Å². The van der Waals surface area contributed by atoms with E-state index in [1.165, 1.54) is 6.07 Å². The standard InChI is InChI=1S/C18H25N3O2/c1-4-15-10-17(22)20-16(19-15)12-21(13-18(2,3)23)11-14-8-6-5-7-9-14/h5-10,23H,4,11-13H2,1-3H3,(H,19,20,22). The smallest absolute Gasteiger partial charge is 0.251 e. The molecule has 1 aromatic carbocycles. The third-order valence-electron chi connectivity index (χ3n) is 3.44. The van der Waals surface area contributed by atoms with E-state index in [9.17, 15) is 9.90 Å². The van der Waals surface area contributed by atoms with E-state index in [2.05, 4.69) is 27.0 Å². The number of nitrogens with one attached hydrogen (secondary N) is 1. The Morgan fingerprint density at radius 3 is 2.52 bits per heavy atom. The van der Waals surface area contributed by atoms with Crippen molar-refractivity contribution in [3.05, 3.63) is 63.8 Å². The summed E-state index contributed by atoms with van der Waals surface area (Å²) in [5.41, 5.74) is 0.990. The summed E-state index contributed by atoms with van der Waals surface area (Å²) in [5.74, 6) is 0.634. The molecule has 0 atom stereocenters. The minimum absolute atomic E-state index is 0.130. The number of nitrogens with zero attached hydrogens (tertiary/aromatic N) is 2. The molecule has 0 saturated carbocycles. The van der Waals surface area contributed by atoms with E-state index in [0.717, 1.165) is 17.7 Å². The summed E-state index contributed by atoms with van der Waals surface area (Å²) in [7, 11) is 0. The van der Waals surface area contributed by atoms with E-state index in [4.69, 9.17) is 0 Å². The van der Waals surface area contributed by atoms with Gasteiger partial charge in [0, 0.05) is 24.8 Å². The predicted octanol–water partition coefficient (Wildman–Crippen LogP) is 2.11. The number of hydrogen-bond acceptors (Lipinski definition) is 4. The van der Waals surface area contributed by atoms with Crippen molar-refractivity contribution in [3.8, 4) is 0 Å². The van der Waals surface area contributed by atoms with Crippen LogP contribution >= 0.6 is 0 Å². The number of benzene rings is 1. The molecule has 2 rings (SSSR count). The molecule has 0 aliphatic carbocycles. The topological polar surface area (TPSA) is 69.2 Å². The van der Waals surface area contributed by atoms with Crippen LogP contribution < -0.4 is 5.56 Å². The van der Waals surface area contributed by atoms with E-state index in [1.807, 2.05) is 25.1 Å². The van der Waals surface area contributed by atoms with Crippen molar-refractivity contribution in [3.63, 3.8) is 0 Å². The van der Waals surface area contributed by atoms with Crippen molar-refractivity contribution in [2.75, 3.05) is 6.54 Å². The number of hydrogen-bond donors (Lipinski definition) is 2. The van der Waals surface area contributed by atoms with Gasteiger partial charge in [-0.3, -0.25) is 9.69 Å². The highest BCUT2D eigenvalue weighted by Gasteiger charge is 2.19. The van der Waals surface area contributed by atoms with Gasteiger partial charge in [0.2, 0.25) is 0 Å². The molecular formula is C18H25N3O2. The molecule has 124 valence electrons. The molecule has 23 heavy (non-hydrogen) atoms. The largest absolute Gasteiger partial charge is 0.389 e. The maximum atomic E-state index is 11.7. The Kier molecular flexibility index (Phi) is 5.69. The van der Waals surface area contributed by atoms with Crippen LogP contribution in [0.4, 0.5) is 0 Å².